The Hall–Kier alpha value is -7.24. The molecule has 2 N–H and O–H groups in total. The van der Waals surface area contributed by atoms with E-state index in [0.717, 1.165) is 33.4 Å². The zero-order valence-corrected chi connectivity index (χ0v) is 34.0. The van der Waals surface area contributed by atoms with Crippen LogP contribution in [0.2, 0.25) is 0 Å². The van der Waals surface area contributed by atoms with E-state index in [0.29, 0.717) is 29.8 Å². The molecule has 2 heterocycles. The van der Waals surface area contributed by atoms with Crippen molar-refractivity contribution in [2.24, 2.45) is 0 Å². The van der Waals surface area contributed by atoms with Crippen LogP contribution in [-0.2, 0) is 19.9 Å². The van der Waals surface area contributed by atoms with Crippen molar-refractivity contribution in [3.63, 3.8) is 0 Å². The third-order valence-corrected chi connectivity index (χ3v) is 11.5. The Morgan fingerprint density at radius 2 is 1.31 bits per heavy atom. The van der Waals surface area contributed by atoms with Gasteiger partial charge in [0.05, 0.1) is 13.2 Å². The maximum atomic E-state index is 14.0. The number of methoxy groups -OCH3 is 1. The van der Waals surface area contributed by atoms with Gasteiger partial charge in [0, 0.05) is 24.1 Å². The number of benzene rings is 6. The number of Topliss-reactive ketones (excluding diaryl/α,β-unsaturated/α-hetero) is 1. The molecule has 0 radical (unpaired) electrons. The SMILES string of the molecule is CCCC(=O)[C@@H](N[C@@]1(C(=O)OC)CCCN1C(=O)c1ccc(O)cc1)c1ccc(-c2ccccc2-c2nnnn2C(c2ccccc2)(c2ccccc2)c2ccccc2)cc1. The van der Waals surface area contributed by atoms with Crippen LogP contribution in [0.3, 0.4) is 0 Å². The van der Waals surface area contributed by atoms with Gasteiger partial charge in [0.15, 0.2) is 17.3 Å². The van der Waals surface area contributed by atoms with Crippen molar-refractivity contribution < 1.29 is 24.2 Å². The molecule has 0 unspecified atom stereocenters. The lowest BCUT2D eigenvalue weighted by atomic mass is 9.77. The second kappa shape index (κ2) is 17.5. The van der Waals surface area contributed by atoms with Gasteiger partial charge in [0.25, 0.3) is 5.91 Å². The fourth-order valence-corrected chi connectivity index (χ4v) is 8.69. The fraction of sp³-hybridized carbons (Fsp3) is 0.200. The number of esters is 1. The first-order valence-electron chi connectivity index (χ1n) is 20.5. The summed E-state index contributed by atoms with van der Waals surface area (Å²) in [6.45, 7) is 2.20. The Balaban J connectivity index is 1.20. The minimum Gasteiger partial charge on any atom is -0.508 e. The molecule has 0 saturated carbocycles. The standard InChI is InChI=1S/C50H46N6O5/c1-3-16-44(58)45(51-49(48(60)61-2)33-15-34-55(49)47(59)37-29-31-41(57)32-30-37)36-27-25-35(26-28-36)42-23-13-14-24-43(42)46-52-53-54-56(46)50(38-17-7-4-8-18-38,39-19-9-5-10-20-39)40-21-11-6-12-22-40/h4-14,17-32,45,51,57H,3,15-16,33-34H2,1-2H3/t45-,49-/m0/s1. The van der Waals surface area contributed by atoms with Crippen LogP contribution >= 0.6 is 0 Å². The molecular formula is C50H46N6O5. The van der Waals surface area contributed by atoms with Crippen LogP contribution in [0, 0.1) is 0 Å². The van der Waals surface area contributed by atoms with E-state index >= 15 is 0 Å². The van der Waals surface area contributed by atoms with Gasteiger partial charge in [0.1, 0.15) is 11.3 Å². The molecule has 0 bridgehead atoms. The van der Waals surface area contributed by atoms with Crippen LogP contribution in [0.4, 0.5) is 0 Å². The topological polar surface area (TPSA) is 140 Å². The van der Waals surface area contributed by atoms with Crippen LogP contribution in [0.15, 0.2) is 164 Å². The molecule has 11 nitrogen and oxygen atoms in total. The molecule has 1 aliphatic heterocycles. The van der Waals surface area contributed by atoms with Crippen molar-refractivity contribution in [1.82, 2.24) is 30.4 Å². The molecule has 61 heavy (non-hydrogen) atoms. The number of nitrogens with zero attached hydrogens (tertiary/aromatic N) is 5. The van der Waals surface area contributed by atoms with E-state index in [2.05, 4.69) is 46.9 Å². The highest BCUT2D eigenvalue weighted by molar-refractivity contribution is 5.99. The van der Waals surface area contributed by atoms with E-state index in [1.807, 2.05) is 115 Å². The van der Waals surface area contributed by atoms with E-state index in [4.69, 9.17) is 15.0 Å². The second-order valence-corrected chi connectivity index (χ2v) is 15.1. The monoisotopic (exact) mass is 810 g/mol. The lowest BCUT2D eigenvalue weighted by molar-refractivity contribution is -0.155. The Morgan fingerprint density at radius 1 is 0.754 bits per heavy atom. The first-order chi connectivity index (χ1) is 29.8. The van der Waals surface area contributed by atoms with E-state index in [-0.39, 0.29) is 30.9 Å². The third-order valence-electron chi connectivity index (χ3n) is 11.5. The molecule has 7 aromatic rings. The van der Waals surface area contributed by atoms with Crippen LogP contribution in [0.1, 0.15) is 71.3 Å². The van der Waals surface area contributed by atoms with Gasteiger partial charge in [-0.25, -0.2) is 9.48 Å². The number of hydrogen-bond donors (Lipinski definition) is 2. The normalized spacial score (nSPS) is 15.6. The molecule has 306 valence electrons. The van der Waals surface area contributed by atoms with Crippen molar-refractivity contribution >= 4 is 17.7 Å². The Morgan fingerprint density at radius 3 is 1.87 bits per heavy atom. The van der Waals surface area contributed by atoms with Gasteiger partial charge in [-0.2, -0.15) is 0 Å². The molecule has 8 rings (SSSR count). The summed E-state index contributed by atoms with van der Waals surface area (Å²) in [4.78, 5) is 43.3. The quantitative estimate of drug-likeness (QED) is 0.0820. The first-order valence-corrected chi connectivity index (χ1v) is 20.5. The van der Waals surface area contributed by atoms with Gasteiger partial charge in [-0.15, -0.1) is 5.10 Å². The lowest BCUT2D eigenvalue weighted by Crippen LogP contribution is -2.64. The molecule has 1 aliphatic rings. The number of ketones is 1. The number of rotatable bonds is 14. The van der Waals surface area contributed by atoms with Gasteiger partial charge in [-0.05, 0) is 87.3 Å². The van der Waals surface area contributed by atoms with Crippen LogP contribution in [-0.4, -0.2) is 67.2 Å². The molecule has 6 aromatic carbocycles. The largest absolute Gasteiger partial charge is 0.508 e. The predicted molar refractivity (Wildman–Crippen MR) is 232 cm³/mol. The number of tetrazole rings is 1. The van der Waals surface area contributed by atoms with Crippen molar-refractivity contribution in [3.8, 4) is 28.3 Å². The average molecular weight is 811 g/mol. The number of likely N-dealkylation sites (tertiary alicyclic amines) is 1. The maximum absolute atomic E-state index is 14.0. The first kappa shape index (κ1) is 40.5. The highest BCUT2D eigenvalue weighted by Gasteiger charge is 2.53. The van der Waals surface area contributed by atoms with E-state index < -0.39 is 29.1 Å². The number of amides is 1. The van der Waals surface area contributed by atoms with E-state index in [1.165, 1.54) is 36.3 Å². The molecule has 1 saturated heterocycles. The smallest absolute Gasteiger partial charge is 0.347 e. The predicted octanol–water partition coefficient (Wildman–Crippen LogP) is 8.36. The number of nitrogens with one attached hydrogen (secondary N) is 1. The number of phenolic OH excluding ortho intramolecular Hbond substituents is 1. The number of aromatic nitrogens is 4. The number of carbonyl (C=O) groups excluding carboxylic acids is 3. The molecule has 1 amide bonds. The Kier molecular flexibility index (Phi) is 11.7. The molecule has 1 fully saturated rings. The van der Waals surface area contributed by atoms with Gasteiger partial charge in [-0.1, -0.05) is 146 Å². The molecule has 0 spiro atoms. The lowest BCUT2D eigenvalue weighted by Gasteiger charge is -2.39. The molecular weight excluding hydrogens is 765 g/mol. The summed E-state index contributed by atoms with van der Waals surface area (Å²) >= 11 is 0. The Bertz CT molecular complexity index is 2520. The van der Waals surface area contributed by atoms with Gasteiger partial charge < -0.3 is 14.7 Å². The Labute approximate surface area is 354 Å². The molecule has 2 atom stereocenters. The van der Waals surface area contributed by atoms with E-state index in [9.17, 15) is 19.5 Å². The number of hydrogen-bond acceptors (Lipinski definition) is 9. The number of carbonyl (C=O) groups is 3. The number of phenols is 1. The van der Waals surface area contributed by atoms with Gasteiger partial charge >= 0.3 is 5.97 Å². The van der Waals surface area contributed by atoms with E-state index in [1.54, 1.807) is 0 Å². The molecule has 0 aliphatic carbocycles. The summed E-state index contributed by atoms with van der Waals surface area (Å²) in [5.74, 6) is -0.631. The molecule has 1 aromatic heterocycles. The summed E-state index contributed by atoms with van der Waals surface area (Å²) < 4.78 is 7.23. The van der Waals surface area contributed by atoms with Crippen molar-refractivity contribution in [3.05, 3.63) is 192 Å². The fourth-order valence-electron chi connectivity index (χ4n) is 8.69. The maximum Gasteiger partial charge on any atom is 0.347 e. The summed E-state index contributed by atoms with van der Waals surface area (Å²) in [7, 11) is 1.28. The average Bonchev–Trinajstić information content (AvgIpc) is 3.98. The minimum atomic E-state index is -1.61. The van der Waals surface area contributed by atoms with Crippen molar-refractivity contribution in [2.45, 2.75) is 49.9 Å². The summed E-state index contributed by atoms with van der Waals surface area (Å²) in [5.41, 5.74) is 3.83. The molecule has 11 heteroatoms. The number of ether oxygens (including phenoxy) is 1. The highest BCUT2D eigenvalue weighted by Crippen LogP contribution is 2.44. The zero-order chi connectivity index (χ0) is 42.4. The van der Waals surface area contributed by atoms with Gasteiger partial charge in [0.2, 0.25) is 0 Å². The zero-order valence-electron chi connectivity index (χ0n) is 34.0. The van der Waals surface area contributed by atoms with Crippen molar-refractivity contribution in [2.75, 3.05) is 13.7 Å². The highest BCUT2D eigenvalue weighted by atomic mass is 16.5. The van der Waals surface area contributed by atoms with Crippen LogP contribution in [0.25, 0.3) is 22.5 Å². The summed E-state index contributed by atoms with van der Waals surface area (Å²) in [5, 5.41) is 27.0. The van der Waals surface area contributed by atoms with Crippen LogP contribution < -0.4 is 5.32 Å². The second-order valence-electron chi connectivity index (χ2n) is 15.1. The summed E-state index contributed by atoms with van der Waals surface area (Å²) in [6.07, 6.45) is 1.60. The van der Waals surface area contributed by atoms with Crippen molar-refractivity contribution in [1.29, 1.82) is 0 Å². The minimum absolute atomic E-state index is 0.0184. The van der Waals surface area contributed by atoms with Crippen LogP contribution in [0.5, 0.6) is 5.75 Å². The summed E-state index contributed by atoms with van der Waals surface area (Å²) in [6, 6.07) is 51.3. The van der Waals surface area contributed by atoms with Gasteiger partial charge in [-0.3, -0.25) is 14.9 Å². The number of aromatic hydroxyl groups is 1. The third kappa shape index (κ3) is 7.49.